The van der Waals surface area contributed by atoms with E-state index in [0.717, 1.165) is 12.1 Å². The quantitative estimate of drug-likeness (QED) is 0.219. The van der Waals surface area contributed by atoms with Gasteiger partial charge in [0, 0.05) is 19.2 Å². The summed E-state index contributed by atoms with van der Waals surface area (Å²) < 4.78 is 4.89. The summed E-state index contributed by atoms with van der Waals surface area (Å²) in [5.41, 5.74) is -1.21. The molecule has 0 atom stereocenters. The fraction of sp³-hybridized carbons (Fsp3) is 0.357. The highest BCUT2D eigenvalue weighted by atomic mass is 16.7. The minimum absolute atomic E-state index is 0.0733. The highest BCUT2D eigenvalue weighted by Crippen LogP contribution is 2.31. The molecule has 0 spiro atoms. The van der Waals surface area contributed by atoms with E-state index in [1.165, 1.54) is 16.0 Å². The van der Waals surface area contributed by atoms with Crippen LogP contribution in [0.4, 0.5) is 16.2 Å². The predicted octanol–water partition coefficient (Wildman–Crippen LogP) is 1.61. The van der Waals surface area contributed by atoms with Crippen LogP contribution in [-0.4, -0.2) is 63.6 Å². The van der Waals surface area contributed by atoms with Gasteiger partial charge in [-0.25, -0.2) is 4.79 Å². The molecule has 1 saturated heterocycles. The van der Waals surface area contributed by atoms with Gasteiger partial charge in [-0.15, -0.1) is 5.01 Å². The third-order valence-electron chi connectivity index (χ3n) is 3.64. The van der Waals surface area contributed by atoms with E-state index >= 15 is 0 Å². The summed E-state index contributed by atoms with van der Waals surface area (Å²) in [5.74, 6) is -0.428. The molecule has 1 amide bonds. The second kappa shape index (κ2) is 9.11. The van der Waals surface area contributed by atoms with Crippen molar-refractivity contribution in [3.8, 4) is 5.75 Å². The molecule has 0 bridgehead atoms. The first-order valence-electron chi connectivity index (χ1n) is 7.89. The van der Waals surface area contributed by atoms with E-state index in [4.69, 9.17) is 9.57 Å². The highest BCUT2D eigenvalue weighted by molar-refractivity contribution is 5.67. The lowest BCUT2D eigenvalue weighted by molar-refractivity contribution is -0.708. The van der Waals surface area contributed by atoms with Gasteiger partial charge >= 0.3 is 11.8 Å². The van der Waals surface area contributed by atoms with Gasteiger partial charge in [0.2, 0.25) is 11.0 Å². The van der Waals surface area contributed by atoms with Gasteiger partial charge in [0.05, 0.1) is 34.0 Å². The number of nitro benzene ring substituents is 2. The van der Waals surface area contributed by atoms with E-state index in [0.29, 0.717) is 6.07 Å². The number of nitrogens with zero attached hydrogens (tertiary/aromatic N) is 6. The molecule has 1 aromatic carbocycles. The lowest BCUT2D eigenvalue weighted by Crippen LogP contribution is -2.50. The molecule has 1 heterocycles. The molecule has 1 fully saturated rings. The summed E-state index contributed by atoms with van der Waals surface area (Å²) in [4.78, 5) is 38.0. The molecule has 1 aliphatic rings. The summed E-state index contributed by atoms with van der Waals surface area (Å²) in [6.07, 6.45) is 0.896. The number of carbonyl (C=O) groups is 1. The Hall–Kier alpha value is -3.97. The molecule has 14 heteroatoms. The zero-order chi connectivity index (χ0) is 20.7. The first-order chi connectivity index (χ1) is 13.3. The maximum atomic E-state index is 12.0. The SMILES string of the molecule is C=CCOC(=O)N1CCN(/[N+]([O-])=N/Oc2ccc([N+](=O)[O-])cc2[N+](=O)[O-])CC1. The van der Waals surface area contributed by atoms with Crippen molar-refractivity contribution in [1.82, 2.24) is 9.91 Å². The van der Waals surface area contributed by atoms with Crippen LogP contribution in [0, 0.1) is 25.4 Å². The minimum Gasteiger partial charge on any atom is -0.569 e. The van der Waals surface area contributed by atoms with Crippen LogP contribution in [0.3, 0.4) is 0 Å². The number of rotatable bonds is 7. The van der Waals surface area contributed by atoms with Gasteiger partial charge in [-0.1, -0.05) is 12.7 Å². The maximum absolute atomic E-state index is 12.0. The highest BCUT2D eigenvalue weighted by Gasteiger charge is 2.27. The Morgan fingerprint density at radius 3 is 2.43 bits per heavy atom. The maximum Gasteiger partial charge on any atom is 0.410 e. The second-order valence-corrected chi connectivity index (χ2v) is 5.40. The Bertz CT molecular complexity index is 805. The lowest BCUT2D eigenvalue weighted by Gasteiger charge is -2.30. The number of hydrazine groups is 1. The topological polar surface area (TPSA) is 167 Å². The summed E-state index contributed by atoms with van der Waals surface area (Å²) >= 11 is 0. The van der Waals surface area contributed by atoms with E-state index in [1.807, 2.05) is 0 Å². The number of ether oxygens (including phenoxy) is 1. The molecule has 150 valence electrons. The molecule has 0 saturated carbocycles. The monoisotopic (exact) mass is 396 g/mol. The van der Waals surface area contributed by atoms with Crippen LogP contribution in [0.15, 0.2) is 36.1 Å². The Kier molecular flexibility index (Phi) is 6.62. The largest absolute Gasteiger partial charge is 0.569 e. The number of carbonyl (C=O) groups excluding carboxylic acids is 1. The number of amides is 1. The van der Waals surface area contributed by atoms with Gasteiger partial charge in [0.1, 0.15) is 6.61 Å². The number of benzene rings is 1. The average molecular weight is 396 g/mol. The summed E-state index contributed by atoms with van der Waals surface area (Å²) in [5, 5.41) is 38.2. The van der Waals surface area contributed by atoms with E-state index in [1.54, 1.807) is 0 Å². The first-order valence-corrected chi connectivity index (χ1v) is 7.89. The van der Waals surface area contributed by atoms with Crippen molar-refractivity contribution in [2.75, 3.05) is 32.8 Å². The van der Waals surface area contributed by atoms with E-state index < -0.39 is 33.1 Å². The summed E-state index contributed by atoms with van der Waals surface area (Å²) in [6.45, 7) is 4.15. The molecule has 28 heavy (non-hydrogen) atoms. The number of hydrogen-bond donors (Lipinski definition) is 0. The van der Waals surface area contributed by atoms with Crippen molar-refractivity contribution in [2.45, 2.75) is 0 Å². The molecule has 0 unspecified atom stereocenters. The lowest BCUT2D eigenvalue weighted by atomic mass is 10.2. The van der Waals surface area contributed by atoms with Gasteiger partial charge in [-0.3, -0.25) is 25.1 Å². The fourth-order valence-corrected chi connectivity index (χ4v) is 2.24. The van der Waals surface area contributed by atoms with Crippen molar-refractivity contribution in [3.63, 3.8) is 0 Å². The van der Waals surface area contributed by atoms with Crippen molar-refractivity contribution in [3.05, 3.63) is 56.3 Å². The number of nitro groups is 2. The van der Waals surface area contributed by atoms with Gasteiger partial charge in [-0.2, -0.15) is 0 Å². The van der Waals surface area contributed by atoms with Crippen LogP contribution in [-0.2, 0) is 4.74 Å². The van der Waals surface area contributed by atoms with Crippen LogP contribution >= 0.6 is 0 Å². The minimum atomic E-state index is -0.888. The van der Waals surface area contributed by atoms with Gasteiger partial charge in [-0.05, 0) is 6.07 Å². The third kappa shape index (κ3) is 5.03. The molecular formula is C14H16N6O8. The molecule has 0 aromatic heterocycles. The molecular weight excluding hydrogens is 380 g/mol. The molecule has 14 nitrogen and oxygen atoms in total. The van der Waals surface area contributed by atoms with E-state index in [-0.39, 0.29) is 37.8 Å². The zero-order valence-electron chi connectivity index (χ0n) is 14.5. The standard InChI is InChI=1S/C14H16N6O8/c1-2-9-27-14(21)16-5-7-17(8-6-16)20(26)15-28-13-4-3-11(18(22)23)10-12(13)19(24)25/h2-4,10H,1,5-9H2/b20-15-. The number of piperazine rings is 1. The average Bonchev–Trinajstić information content (AvgIpc) is 2.69. The van der Waals surface area contributed by atoms with E-state index in [2.05, 4.69) is 11.9 Å². The van der Waals surface area contributed by atoms with Crippen LogP contribution < -0.4 is 4.84 Å². The third-order valence-corrected chi connectivity index (χ3v) is 3.64. The molecule has 1 aliphatic heterocycles. The number of hydrogen-bond acceptors (Lipinski definition) is 9. The second-order valence-electron chi connectivity index (χ2n) is 5.40. The van der Waals surface area contributed by atoms with Crippen molar-refractivity contribution in [1.29, 1.82) is 0 Å². The van der Waals surface area contributed by atoms with Crippen LogP contribution in [0.25, 0.3) is 0 Å². The Balaban J connectivity index is 2.00. The smallest absolute Gasteiger partial charge is 0.410 e. The molecule has 0 radical (unpaired) electrons. The summed E-state index contributed by atoms with van der Waals surface area (Å²) in [6, 6.07) is 2.66. The molecule has 0 N–H and O–H groups in total. The zero-order valence-corrected chi connectivity index (χ0v) is 14.5. The van der Waals surface area contributed by atoms with Crippen LogP contribution in [0.2, 0.25) is 0 Å². The fourth-order valence-electron chi connectivity index (χ4n) is 2.24. The van der Waals surface area contributed by atoms with Gasteiger partial charge < -0.3 is 14.8 Å². The molecule has 0 aliphatic carbocycles. The van der Waals surface area contributed by atoms with Gasteiger partial charge in [0.15, 0.2) is 0 Å². The van der Waals surface area contributed by atoms with Crippen molar-refractivity contribution >= 4 is 17.5 Å². The molecule has 1 aromatic rings. The van der Waals surface area contributed by atoms with Crippen molar-refractivity contribution < 1.29 is 29.2 Å². The number of non-ortho nitro benzene ring substituents is 1. The van der Waals surface area contributed by atoms with Crippen LogP contribution in [0.5, 0.6) is 5.75 Å². The van der Waals surface area contributed by atoms with Gasteiger partial charge in [0.25, 0.3) is 5.69 Å². The van der Waals surface area contributed by atoms with Crippen molar-refractivity contribution in [2.24, 2.45) is 5.28 Å². The first kappa shape index (κ1) is 20.3. The Morgan fingerprint density at radius 1 is 1.18 bits per heavy atom. The van der Waals surface area contributed by atoms with E-state index in [9.17, 15) is 30.2 Å². The van der Waals surface area contributed by atoms with Crippen LogP contribution in [0.1, 0.15) is 0 Å². The summed E-state index contributed by atoms with van der Waals surface area (Å²) in [7, 11) is 0. The normalized spacial score (nSPS) is 14.4. The molecule has 2 rings (SSSR count). The Labute approximate surface area is 157 Å². The predicted molar refractivity (Wildman–Crippen MR) is 91.1 cm³/mol. The Morgan fingerprint density at radius 2 is 1.86 bits per heavy atom.